The van der Waals surface area contributed by atoms with Crippen LogP contribution >= 0.6 is 0 Å². The van der Waals surface area contributed by atoms with E-state index >= 15 is 0 Å². The average Bonchev–Trinajstić information content (AvgIpc) is 3.15. The van der Waals surface area contributed by atoms with Gasteiger partial charge in [0.15, 0.2) is 0 Å². The highest BCUT2D eigenvalue weighted by molar-refractivity contribution is 5.82. The lowest BCUT2D eigenvalue weighted by atomic mass is 9.91. The number of alkyl halides is 3. The second-order valence-electron chi connectivity index (χ2n) is 7.72. The third-order valence-corrected chi connectivity index (χ3v) is 5.54. The van der Waals surface area contributed by atoms with E-state index in [1.54, 1.807) is 4.90 Å². The summed E-state index contributed by atoms with van der Waals surface area (Å²) in [5, 5.41) is 3.86. The Morgan fingerprint density at radius 3 is 2.77 bits per heavy atom. The lowest BCUT2D eigenvalue weighted by Crippen LogP contribution is -2.39. The van der Waals surface area contributed by atoms with Gasteiger partial charge in [0.2, 0.25) is 5.91 Å². The third-order valence-electron chi connectivity index (χ3n) is 5.54. The predicted octanol–water partition coefficient (Wildman–Crippen LogP) is 4.89. The molecule has 1 atom stereocenters. The number of benzene rings is 1. The number of rotatable bonds is 4. The number of hydrogen-bond donors (Lipinski definition) is 0. The summed E-state index contributed by atoms with van der Waals surface area (Å²) in [5.74, 6) is -0.312. The Morgan fingerprint density at radius 2 is 2.03 bits per heavy atom. The van der Waals surface area contributed by atoms with Crippen molar-refractivity contribution in [1.29, 1.82) is 0 Å². The van der Waals surface area contributed by atoms with Crippen LogP contribution in [0.4, 0.5) is 13.2 Å². The maximum Gasteiger partial charge on any atom is 0.417 e. The van der Waals surface area contributed by atoms with Crippen LogP contribution < -0.4 is 0 Å². The number of piperidine rings is 1. The molecule has 0 N–H and O–H groups in total. The van der Waals surface area contributed by atoms with Crippen LogP contribution in [0.1, 0.15) is 47.7 Å². The van der Waals surface area contributed by atoms with Crippen LogP contribution in [0, 0.1) is 6.92 Å². The zero-order valence-corrected chi connectivity index (χ0v) is 16.6. The predicted molar refractivity (Wildman–Crippen MR) is 105 cm³/mol. The molecule has 8 heteroatoms. The highest BCUT2D eigenvalue weighted by Crippen LogP contribution is 2.40. The van der Waals surface area contributed by atoms with Crippen LogP contribution in [0.25, 0.3) is 11.1 Å². The van der Waals surface area contributed by atoms with E-state index in [4.69, 9.17) is 4.52 Å². The Balaban J connectivity index is 1.55. The molecule has 1 aliphatic rings. The van der Waals surface area contributed by atoms with E-state index in [-0.39, 0.29) is 34.3 Å². The van der Waals surface area contributed by atoms with E-state index in [0.29, 0.717) is 38.8 Å². The summed E-state index contributed by atoms with van der Waals surface area (Å²) < 4.78 is 46.0. The maximum atomic E-state index is 13.6. The standard InChI is InChI=1S/C22H22F3N3O2/c1-14-12-17(22(23,24)25)19-20(27-30-21(19)26-14)16-8-5-11-28(13-16)18(29)10-9-15-6-3-2-4-7-15/h2-4,6-7,12,16H,5,8-11,13H2,1H3/t16-/m0/s1. The first-order valence-electron chi connectivity index (χ1n) is 9.98. The van der Waals surface area contributed by atoms with Crippen LogP contribution in [0.15, 0.2) is 40.9 Å². The van der Waals surface area contributed by atoms with Gasteiger partial charge in [-0.2, -0.15) is 13.2 Å². The van der Waals surface area contributed by atoms with Crippen molar-refractivity contribution in [3.8, 4) is 0 Å². The molecular weight excluding hydrogens is 395 g/mol. The van der Waals surface area contributed by atoms with Crippen molar-refractivity contribution in [1.82, 2.24) is 15.0 Å². The van der Waals surface area contributed by atoms with Crippen LogP contribution in [-0.4, -0.2) is 34.0 Å². The summed E-state index contributed by atoms with van der Waals surface area (Å²) in [5.41, 5.74) is 0.654. The molecule has 1 amide bonds. The molecule has 158 valence electrons. The van der Waals surface area contributed by atoms with E-state index in [1.165, 1.54) is 6.92 Å². The number of fused-ring (bicyclic) bond motifs is 1. The first kappa shape index (κ1) is 20.4. The van der Waals surface area contributed by atoms with Gasteiger partial charge in [0.1, 0.15) is 0 Å². The minimum atomic E-state index is -4.54. The van der Waals surface area contributed by atoms with Crippen LogP contribution in [-0.2, 0) is 17.4 Å². The molecule has 0 radical (unpaired) electrons. The van der Waals surface area contributed by atoms with Crippen molar-refractivity contribution in [2.24, 2.45) is 0 Å². The zero-order chi connectivity index (χ0) is 21.3. The fourth-order valence-electron chi connectivity index (χ4n) is 4.08. The van der Waals surface area contributed by atoms with E-state index in [0.717, 1.165) is 11.6 Å². The fraction of sp³-hybridized carbons (Fsp3) is 0.409. The quantitative estimate of drug-likeness (QED) is 0.607. The Bertz CT molecular complexity index is 1050. The molecule has 1 aromatic carbocycles. The molecule has 0 aliphatic carbocycles. The molecule has 0 unspecified atom stereocenters. The first-order chi connectivity index (χ1) is 14.3. The van der Waals surface area contributed by atoms with Gasteiger partial charge in [0, 0.05) is 31.1 Å². The maximum absolute atomic E-state index is 13.6. The molecular formula is C22H22F3N3O2. The van der Waals surface area contributed by atoms with E-state index in [2.05, 4.69) is 10.1 Å². The van der Waals surface area contributed by atoms with Gasteiger partial charge >= 0.3 is 6.18 Å². The first-order valence-corrected chi connectivity index (χ1v) is 9.98. The highest BCUT2D eigenvalue weighted by Gasteiger charge is 2.38. The minimum absolute atomic E-state index is 0.00127. The summed E-state index contributed by atoms with van der Waals surface area (Å²) in [6.45, 7) is 2.43. The van der Waals surface area contributed by atoms with E-state index < -0.39 is 11.7 Å². The van der Waals surface area contributed by atoms with Crippen molar-refractivity contribution in [2.45, 2.75) is 44.7 Å². The molecule has 4 rings (SSSR count). The van der Waals surface area contributed by atoms with Gasteiger partial charge in [0.05, 0.1) is 16.6 Å². The molecule has 1 fully saturated rings. The van der Waals surface area contributed by atoms with Crippen molar-refractivity contribution in [3.05, 3.63) is 58.9 Å². The third kappa shape index (κ3) is 4.17. The van der Waals surface area contributed by atoms with E-state index in [9.17, 15) is 18.0 Å². The molecule has 3 aromatic rings. The minimum Gasteiger partial charge on any atom is -0.342 e. The number of aromatic nitrogens is 2. The van der Waals surface area contributed by atoms with Crippen LogP contribution in [0.2, 0.25) is 0 Å². The number of carbonyl (C=O) groups excluding carboxylic acids is 1. The van der Waals surface area contributed by atoms with Gasteiger partial charge in [-0.05, 0) is 37.8 Å². The smallest absolute Gasteiger partial charge is 0.342 e. The summed E-state index contributed by atoms with van der Waals surface area (Å²) in [7, 11) is 0. The van der Waals surface area contributed by atoms with Gasteiger partial charge in [-0.25, -0.2) is 4.98 Å². The number of amides is 1. The summed E-state index contributed by atoms with van der Waals surface area (Å²) >= 11 is 0. The molecule has 0 bridgehead atoms. The Labute approximate surface area is 171 Å². The number of hydrogen-bond acceptors (Lipinski definition) is 4. The normalized spacial score (nSPS) is 17.5. The summed E-state index contributed by atoms with van der Waals surface area (Å²) in [6.07, 6.45) is -2.18. The molecule has 0 saturated carbocycles. The van der Waals surface area contributed by atoms with Crippen molar-refractivity contribution in [3.63, 3.8) is 0 Å². The van der Waals surface area contributed by atoms with E-state index in [1.807, 2.05) is 30.3 Å². The number of likely N-dealkylation sites (tertiary alicyclic amines) is 1. The molecule has 1 aliphatic heterocycles. The molecule has 3 heterocycles. The Morgan fingerprint density at radius 1 is 1.27 bits per heavy atom. The largest absolute Gasteiger partial charge is 0.417 e. The summed E-state index contributed by atoms with van der Waals surface area (Å²) in [6, 6.07) is 10.8. The van der Waals surface area contributed by atoms with Gasteiger partial charge < -0.3 is 9.42 Å². The second-order valence-corrected chi connectivity index (χ2v) is 7.72. The van der Waals surface area contributed by atoms with Crippen LogP contribution in [0.3, 0.4) is 0 Å². The van der Waals surface area contributed by atoms with Gasteiger partial charge in [0.25, 0.3) is 5.71 Å². The molecule has 2 aromatic heterocycles. The second kappa shape index (κ2) is 8.08. The number of carbonyl (C=O) groups is 1. The Kier molecular flexibility index (Phi) is 5.49. The lowest BCUT2D eigenvalue weighted by Gasteiger charge is -2.32. The van der Waals surface area contributed by atoms with Gasteiger partial charge in [-0.3, -0.25) is 4.79 Å². The van der Waals surface area contributed by atoms with Gasteiger partial charge in [-0.15, -0.1) is 0 Å². The number of halogens is 3. The number of nitrogens with zero attached hydrogens (tertiary/aromatic N) is 3. The average molecular weight is 417 g/mol. The molecule has 1 saturated heterocycles. The zero-order valence-electron chi connectivity index (χ0n) is 16.6. The van der Waals surface area contributed by atoms with Crippen molar-refractivity contribution >= 4 is 17.0 Å². The van der Waals surface area contributed by atoms with Crippen LogP contribution in [0.5, 0.6) is 0 Å². The number of pyridine rings is 1. The summed E-state index contributed by atoms with van der Waals surface area (Å²) in [4.78, 5) is 18.5. The number of aryl methyl sites for hydroxylation is 2. The SMILES string of the molecule is Cc1cc(C(F)(F)F)c2c([C@H]3CCCN(C(=O)CCc4ccccc4)C3)noc2n1. The fourth-order valence-corrected chi connectivity index (χ4v) is 4.08. The molecule has 30 heavy (non-hydrogen) atoms. The monoisotopic (exact) mass is 417 g/mol. The highest BCUT2D eigenvalue weighted by atomic mass is 19.4. The van der Waals surface area contributed by atoms with Crippen molar-refractivity contribution in [2.75, 3.05) is 13.1 Å². The molecule has 0 spiro atoms. The lowest BCUT2D eigenvalue weighted by molar-refractivity contribution is -0.136. The molecule has 5 nitrogen and oxygen atoms in total. The topological polar surface area (TPSA) is 59.2 Å². The Hall–Kier alpha value is -2.90. The van der Waals surface area contributed by atoms with Gasteiger partial charge in [-0.1, -0.05) is 35.5 Å². The van der Waals surface area contributed by atoms with Crippen molar-refractivity contribution < 1.29 is 22.5 Å².